The van der Waals surface area contributed by atoms with Crippen molar-refractivity contribution < 1.29 is 22.7 Å². The first-order valence-corrected chi connectivity index (χ1v) is 6.35. The number of ether oxygens (including phenoxy) is 1. The zero-order valence-electron chi connectivity index (χ0n) is 11.5. The van der Waals surface area contributed by atoms with Crippen LogP contribution in [-0.4, -0.2) is 48.4 Å². The molecule has 0 spiro atoms. The molecule has 1 aliphatic rings. The first kappa shape index (κ1) is 16.1. The predicted molar refractivity (Wildman–Crippen MR) is 64.9 cm³/mol. The lowest BCUT2D eigenvalue weighted by Crippen LogP contribution is -2.44. The molecule has 1 atom stereocenters. The molecule has 1 N–H and O–H groups in total. The number of carbonyl (C=O) groups is 1. The van der Waals surface area contributed by atoms with Crippen LogP contribution in [0.2, 0.25) is 0 Å². The Morgan fingerprint density at radius 3 is 2.53 bits per heavy atom. The lowest BCUT2D eigenvalue weighted by molar-refractivity contribution is -0.140. The Morgan fingerprint density at radius 2 is 2.00 bits per heavy atom. The molecule has 0 aliphatic carbocycles. The van der Waals surface area contributed by atoms with Gasteiger partial charge in [0, 0.05) is 19.1 Å². The van der Waals surface area contributed by atoms with E-state index < -0.39 is 30.3 Å². The summed E-state index contributed by atoms with van der Waals surface area (Å²) < 4.78 is 42.4. The second-order valence-electron chi connectivity index (χ2n) is 5.75. The SMILES string of the molecule is CC(C)(C)OC(=O)N1CCCNC(CC(F)(F)F)C1. The van der Waals surface area contributed by atoms with Gasteiger partial charge < -0.3 is 15.0 Å². The lowest BCUT2D eigenvalue weighted by atomic mass is 10.2. The van der Waals surface area contributed by atoms with Crippen LogP contribution in [0.25, 0.3) is 0 Å². The van der Waals surface area contributed by atoms with Crippen molar-refractivity contribution >= 4 is 6.09 Å². The van der Waals surface area contributed by atoms with Gasteiger partial charge in [0.15, 0.2) is 0 Å². The van der Waals surface area contributed by atoms with Crippen LogP contribution in [0.3, 0.4) is 0 Å². The summed E-state index contributed by atoms with van der Waals surface area (Å²) in [5.74, 6) is 0. The molecule has 7 heteroatoms. The molecular weight excluding hydrogens is 261 g/mol. The van der Waals surface area contributed by atoms with E-state index in [4.69, 9.17) is 4.74 Å². The molecule has 1 aliphatic heterocycles. The third-order valence-electron chi connectivity index (χ3n) is 2.61. The summed E-state index contributed by atoms with van der Waals surface area (Å²) in [4.78, 5) is 13.2. The van der Waals surface area contributed by atoms with E-state index in [1.807, 2.05) is 0 Å². The van der Waals surface area contributed by atoms with Crippen LogP contribution in [0, 0.1) is 0 Å². The van der Waals surface area contributed by atoms with E-state index in [1.54, 1.807) is 20.8 Å². The Hall–Kier alpha value is -0.980. The molecular formula is C12H21F3N2O2. The number of alkyl halides is 3. The third kappa shape index (κ3) is 6.66. The molecule has 19 heavy (non-hydrogen) atoms. The second-order valence-corrected chi connectivity index (χ2v) is 5.75. The fraction of sp³-hybridized carbons (Fsp3) is 0.917. The standard InChI is InChI=1S/C12H21F3N2O2/c1-11(2,3)19-10(18)17-6-4-5-16-9(8-17)7-12(13,14)15/h9,16H,4-8H2,1-3H3. The van der Waals surface area contributed by atoms with Crippen molar-refractivity contribution in [2.24, 2.45) is 0 Å². The van der Waals surface area contributed by atoms with Crippen molar-refractivity contribution in [1.29, 1.82) is 0 Å². The second kappa shape index (κ2) is 5.98. The monoisotopic (exact) mass is 282 g/mol. The summed E-state index contributed by atoms with van der Waals surface area (Å²) in [5.41, 5.74) is -0.643. The normalized spacial score (nSPS) is 22.0. The molecule has 0 aromatic carbocycles. The summed E-state index contributed by atoms with van der Waals surface area (Å²) in [6, 6.07) is -0.769. The summed E-state index contributed by atoms with van der Waals surface area (Å²) in [6.07, 6.45) is -5.11. The molecule has 1 unspecified atom stereocenters. The van der Waals surface area contributed by atoms with Gasteiger partial charge in [-0.15, -0.1) is 0 Å². The first-order chi connectivity index (χ1) is 8.57. The van der Waals surface area contributed by atoms with Crippen LogP contribution in [0.15, 0.2) is 0 Å². The Bertz CT molecular complexity index is 313. The Balaban J connectivity index is 2.60. The van der Waals surface area contributed by atoms with Gasteiger partial charge in [0.2, 0.25) is 0 Å². The Labute approximate surface area is 111 Å². The number of halogens is 3. The maximum Gasteiger partial charge on any atom is 0.410 e. The van der Waals surface area contributed by atoms with Crippen molar-refractivity contribution in [3.05, 3.63) is 0 Å². The van der Waals surface area contributed by atoms with Crippen LogP contribution in [-0.2, 0) is 4.74 Å². The van der Waals surface area contributed by atoms with Gasteiger partial charge in [-0.05, 0) is 33.7 Å². The highest BCUT2D eigenvalue weighted by atomic mass is 19.4. The van der Waals surface area contributed by atoms with Crippen LogP contribution in [0.5, 0.6) is 0 Å². The Kier molecular flexibility index (Phi) is 5.06. The minimum atomic E-state index is -4.23. The average molecular weight is 282 g/mol. The van der Waals surface area contributed by atoms with Crippen LogP contribution < -0.4 is 5.32 Å². The van der Waals surface area contributed by atoms with Crippen LogP contribution in [0.1, 0.15) is 33.6 Å². The predicted octanol–water partition coefficient (Wildman–Crippen LogP) is 2.54. The van der Waals surface area contributed by atoms with Crippen molar-refractivity contribution in [2.75, 3.05) is 19.6 Å². The van der Waals surface area contributed by atoms with E-state index >= 15 is 0 Å². The lowest BCUT2D eigenvalue weighted by Gasteiger charge is -2.28. The molecule has 1 fully saturated rings. The molecule has 4 nitrogen and oxygen atoms in total. The van der Waals surface area contributed by atoms with E-state index in [2.05, 4.69) is 5.32 Å². The van der Waals surface area contributed by atoms with Crippen molar-refractivity contribution in [3.8, 4) is 0 Å². The smallest absolute Gasteiger partial charge is 0.410 e. The van der Waals surface area contributed by atoms with Gasteiger partial charge in [-0.2, -0.15) is 13.2 Å². The third-order valence-corrected chi connectivity index (χ3v) is 2.61. The highest BCUT2D eigenvalue weighted by Gasteiger charge is 2.34. The van der Waals surface area contributed by atoms with Crippen molar-refractivity contribution in [1.82, 2.24) is 10.2 Å². The van der Waals surface area contributed by atoms with Gasteiger partial charge in [-0.1, -0.05) is 0 Å². The fourth-order valence-electron chi connectivity index (χ4n) is 1.91. The van der Waals surface area contributed by atoms with Crippen molar-refractivity contribution in [3.63, 3.8) is 0 Å². The number of nitrogens with one attached hydrogen (secondary N) is 1. The van der Waals surface area contributed by atoms with E-state index in [-0.39, 0.29) is 6.54 Å². The van der Waals surface area contributed by atoms with Gasteiger partial charge in [0.25, 0.3) is 0 Å². The summed E-state index contributed by atoms with van der Waals surface area (Å²) in [7, 11) is 0. The van der Waals surface area contributed by atoms with Crippen molar-refractivity contribution in [2.45, 2.75) is 51.4 Å². The van der Waals surface area contributed by atoms with Gasteiger partial charge in [0.05, 0.1) is 6.42 Å². The molecule has 0 bridgehead atoms. The largest absolute Gasteiger partial charge is 0.444 e. The van der Waals surface area contributed by atoms with Gasteiger partial charge in [-0.3, -0.25) is 0 Å². The van der Waals surface area contributed by atoms with Crippen LogP contribution in [0.4, 0.5) is 18.0 Å². The van der Waals surface area contributed by atoms with E-state index in [1.165, 1.54) is 4.90 Å². The molecule has 112 valence electrons. The highest BCUT2D eigenvalue weighted by Crippen LogP contribution is 2.23. The minimum absolute atomic E-state index is 0.0222. The molecule has 1 rings (SSSR count). The van der Waals surface area contributed by atoms with Gasteiger partial charge >= 0.3 is 12.3 Å². The maximum atomic E-state index is 12.4. The summed E-state index contributed by atoms with van der Waals surface area (Å²) >= 11 is 0. The summed E-state index contributed by atoms with van der Waals surface area (Å²) in [5, 5.41) is 2.82. The zero-order valence-corrected chi connectivity index (χ0v) is 11.5. The average Bonchev–Trinajstić information content (AvgIpc) is 2.38. The number of nitrogens with zero attached hydrogens (tertiary/aromatic N) is 1. The number of rotatable bonds is 1. The van der Waals surface area contributed by atoms with E-state index in [9.17, 15) is 18.0 Å². The number of hydrogen-bond acceptors (Lipinski definition) is 3. The number of carbonyl (C=O) groups excluding carboxylic acids is 1. The summed E-state index contributed by atoms with van der Waals surface area (Å²) in [6.45, 7) is 6.10. The highest BCUT2D eigenvalue weighted by molar-refractivity contribution is 5.68. The van der Waals surface area contributed by atoms with Crippen LogP contribution >= 0.6 is 0 Å². The molecule has 0 aromatic heterocycles. The first-order valence-electron chi connectivity index (χ1n) is 6.35. The number of hydrogen-bond donors (Lipinski definition) is 1. The topological polar surface area (TPSA) is 41.6 Å². The molecule has 1 heterocycles. The Morgan fingerprint density at radius 1 is 1.37 bits per heavy atom. The quantitative estimate of drug-likeness (QED) is 0.803. The fourth-order valence-corrected chi connectivity index (χ4v) is 1.91. The zero-order chi connectivity index (χ0) is 14.7. The van der Waals surface area contributed by atoms with E-state index in [0.717, 1.165) is 0 Å². The maximum absolute atomic E-state index is 12.4. The molecule has 1 amide bonds. The number of amides is 1. The van der Waals surface area contributed by atoms with Gasteiger partial charge in [-0.25, -0.2) is 4.79 Å². The molecule has 1 saturated heterocycles. The molecule has 0 radical (unpaired) electrons. The minimum Gasteiger partial charge on any atom is -0.444 e. The van der Waals surface area contributed by atoms with Gasteiger partial charge in [0.1, 0.15) is 5.60 Å². The van der Waals surface area contributed by atoms with E-state index in [0.29, 0.717) is 19.5 Å². The molecule has 0 aromatic rings. The molecule has 0 saturated carbocycles.